The van der Waals surface area contributed by atoms with Crippen molar-refractivity contribution < 1.29 is 19.4 Å². The molecule has 2 aromatic heterocycles. The molecule has 118 valence electrons. The summed E-state index contributed by atoms with van der Waals surface area (Å²) in [6, 6.07) is 0. The summed E-state index contributed by atoms with van der Waals surface area (Å²) >= 11 is 5.93. The predicted molar refractivity (Wildman–Crippen MR) is 77.1 cm³/mol. The van der Waals surface area contributed by atoms with E-state index in [-0.39, 0.29) is 17.6 Å². The SMILES string of the molecule is COC(=O)C(C)(CC(=O)O)Cn1cnc2c(Cl)nc(N)nc21. The minimum absolute atomic E-state index is 0.00471. The van der Waals surface area contributed by atoms with E-state index < -0.39 is 23.8 Å². The second-order valence-electron chi connectivity index (χ2n) is 5.04. The number of esters is 1. The Hall–Kier alpha value is -2.42. The first-order chi connectivity index (χ1) is 10.3. The Labute approximate surface area is 130 Å². The van der Waals surface area contributed by atoms with Crippen LogP contribution in [0.25, 0.3) is 11.2 Å². The van der Waals surface area contributed by atoms with Crippen LogP contribution in [0.3, 0.4) is 0 Å². The van der Waals surface area contributed by atoms with Gasteiger partial charge in [0.2, 0.25) is 5.95 Å². The van der Waals surface area contributed by atoms with E-state index in [9.17, 15) is 9.59 Å². The molecule has 9 nitrogen and oxygen atoms in total. The number of aromatic nitrogens is 4. The minimum Gasteiger partial charge on any atom is -0.481 e. The Balaban J connectivity index is 2.47. The van der Waals surface area contributed by atoms with Crippen molar-refractivity contribution in [2.45, 2.75) is 19.9 Å². The van der Waals surface area contributed by atoms with Crippen LogP contribution in [-0.2, 0) is 20.9 Å². The van der Waals surface area contributed by atoms with E-state index in [1.165, 1.54) is 24.9 Å². The van der Waals surface area contributed by atoms with Crippen molar-refractivity contribution in [1.82, 2.24) is 19.5 Å². The van der Waals surface area contributed by atoms with E-state index in [1.54, 1.807) is 0 Å². The first kappa shape index (κ1) is 16.0. The molecule has 0 amide bonds. The minimum atomic E-state index is -1.29. The Morgan fingerprint density at radius 3 is 2.77 bits per heavy atom. The van der Waals surface area contributed by atoms with Crippen molar-refractivity contribution in [1.29, 1.82) is 0 Å². The summed E-state index contributed by atoms with van der Waals surface area (Å²) in [4.78, 5) is 34.9. The Kier molecular flexibility index (Phi) is 4.18. The molecule has 22 heavy (non-hydrogen) atoms. The fraction of sp³-hybridized carbons (Fsp3) is 0.417. The van der Waals surface area contributed by atoms with Crippen LogP contribution in [0, 0.1) is 5.41 Å². The van der Waals surface area contributed by atoms with Crippen LogP contribution in [0.5, 0.6) is 0 Å². The highest BCUT2D eigenvalue weighted by molar-refractivity contribution is 6.33. The van der Waals surface area contributed by atoms with Crippen molar-refractivity contribution in [2.75, 3.05) is 12.8 Å². The molecule has 1 atom stereocenters. The third-order valence-electron chi connectivity index (χ3n) is 3.18. The molecule has 0 aliphatic rings. The summed E-state index contributed by atoms with van der Waals surface area (Å²) in [5.41, 5.74) is 4.89. The summed E-state index contributed by atoms with van der Waals surface area (Å²) in [7, 11) is 1.20. The van der Waals surface area contributed by atoms with Gasteiger partial charge in [0.1, 0.15) is 5.52 Å². The number of fused-ring (bicyclic) bond motifs is 1. The number of aliphatic carboxylic acids is 1. The molecular weight excluding hydrogens is 314 g/mol. The van der Waals surface area contributed by atoms with Gasteiger partial charge in [-0.05, 0) is 6.92 Å². The molecule has 2 aromatic rings. The van der Waals surface area contributed by atoms with Crippen LogP contribution < -0.4 is 5.73 Å². The quantitative estimate of drug-likeness (QED) is 0.606. The number of hydrogen-bond acceptors (Lipinski definition) is 7. The molecule has 0 radical (unpaired) electrons. The van der Waals surface area contributed by atoms with Gasteiger partial charge in [-0.25, -0.2) is 4.98 Å². The third kappa shape index (κ3) is 2.93. The highest BCUT2D eigenvalue weighted by Gasteiger charge is 2.38. The van der Waals surface area contributed by atoms with Gasteiger partial charge in [0.15, 0.2) is 10.8 Å². The molecular formula is C12H14ClN5O4. The van der Waals surface area contributed by atoms with Crippen LogP contribution in [0.4, 0.5) is 5.95 Å². The molecule has 10 heteroatoms. The number of carboxylic acid groups (broad SMARTS) is 1. The number of rotatable bonds is 5. The maximum atomic E-state index is 12.0. The van der Waals surface area contributed by atoms with Crippen molar-refractivity contribution in [3.8, 4) is 0 Å². The molecule has 0 saturated heterocycles. The molecule has 0 fully saturated rings. The fourth-order valence-corrected chi connectivity index (χ4v) is 2.41. The van der Waals surface area contributed by atoms with Gasteiger partial charge in [0, 0.05) is 6.54 Å². The lowest BCUT2D eigenvalue weighted by Gasteiger charge is -2.25. The highest BCUT2D eigenvalue weighted by atomic mass is 35.5. The second kappa shape index (κ2) is 5.76. The summed E-state index contributed by atoms with van der Waals surface area (Å²) in [6.07, 6.45) is 0.987. The van der Waals surface area contributed by atoms with Gasteiger partial charge < -0.3 is 20.1 Å². The molecule has 3 N–H and O–H groups in total. The van der Waals surface area contributed by atoms with Gasteiger partial charge >= 0.3 is 11.9 Å². The van der Waals surface area contributed by atoms with Crippen LogP contribution in [-0.4, -0.2) is 43.7 Å². The summed E-state index contributed by atoms with van der Waals surface area (Å²) in [6.45, 7) is 1.49. The zero-order chi connectivity index (χ0) is 16.5. The monoisotopic (exact) mass is 327 g/mol. The van der Waals surface area contributed by atoms with Crippen LogP contribution in [0.2, 0.25) is 5.15 Å². The van der Waals surface area contributed by atoms with Gasteiger partial charge in [0.25, 0.3) is 0 Å². The number of anilines is 1. The molecule has 0 bridgehead atoms. The van der Waals surface area contributed by atoms with Crippen molar-refractivity contribution in [3.05, 3.63) is 11.5 Å². The molecule has 0 spiro atoms. The first-order valence-corrected chi connectivity index (χ1v) is 6.58. The van der Waals surface area contributed by atoms with Gasteiger partial charge in [-0.2, -0.15) is 9.97 Å². The molecule has 0 aromatic carbocycles. The fourth-order valence-electron chi connectivity index (χ4n) is 2.19. The van der Waals surface area contributed by atoms with Crippen LogP contribution >= 0.6 is 11.6 Å². The number of halogens is 1. The van der Waals surface area contributed by atoms with Gasteiger partial charge in [-0.15, -0.1) is 0 Å². The zero-order valence-corrected chi connectivity index (χ0v) is 12.7. The zero-order valence-electron chi connectivity index (χ0n) is 11.9. The van der Waals surface area contributed by atoms with Crippen molar-refractivity contribution in [2.24, 2.45) is 5.41 Å². The Morgan fingerprint density at radius 2 is 2.18 bits per heavy atom. The molecule has 2 heterocycles. The number of nitrogens with zero attached hydrogens (tertiary/aromatic N) is 4. The average Bonchev–Trinajstić information content (AvgIpc) is 2.80. The average molecular weight is 328 g/mol. The normalized spacial score (nSPS) is 13.8. The molecule has 2 rings (SSSR count). The van der Waals surface area contributed by atoms with E-state index in [0.29, 0.717) is 11.2 Å². The number of nitrogens with two attached hydrogens (primary N) is 1. The Morgan fingerprint density at radius 1 is 1.50 bits per heavy atom. The topological polar surface area (TPSA) is 133 Å². The van der Waals surface area contributed by atoms with Crippen LogP contribution in [0.15, 0.2) is 6.33 Å². The molecule has 0 aliphatic heterocycles. The number of carbonyl (C=O) groups is 2. The summed E-state index contributed by atoms with van der Waals surface area (Å²) in [5, 5.41) is 9.11. The van der Waals surface area contributed by atoms with Crippen molar-refractivity contribution in [3.63, 3.8) is 0 Å². The predicted octanol–water partition coefficient (Wildman–Crippen LogP) is 0.716. The number of ether oxygens (including phenoxy) is 1. The van der Waals surface area contributed by atoms with E-state index in [0.717, 1.165) is 0 Å². The maximum absolute atomic E-state index is 12.0. The largest absolute Gasteiger partial charge is 0.481 e. The molecule has 1 unspecified atom stereocenters. The summed E-state index contributed by atoms with van der Waals surface area (Å²) < 4.78 is 6.20. The van der Waals surface area contributed by atoms with Crippen molar-refractivity contribution >= 4 is 40.7 Å². The van der Waals surface area contributed by atoms with E-state index in [4.69, 9.17) is 27.2 Å². The number of nitrogen functional groups attached to an aromatic ring is 1. The van der Waals surface area contributed by atoms with Crippen LogP contribution in [0.1, 0.15) is 13.3 Å². The lowest BCUT2D eigenvalue weighted by molar-refractivity contribution is -0.158. The number of carboxylic acids is 1. The number of carbonyl (C=O) groups excluding carboxylic acids is 1. The number of hydrogen-bond donors (Lipinski definition) is 2. The number of methoxy groups -OCH3 is 1. The van der Waals surface area contributed by atoms with Gasteiger partial charge in [0.05, 0.1) is 25.3 Å². The third-order valence-corrected chi connectivity index (χ3v) is 3.44. The smallest absolute Gasteiger partial charge is 0.313 e. The Bertz CT molecular complexity index is 746. The summed E-state index contributed by atoms with van der Waals surface area (Å²) in [5.74, 6) is -1.81. The van der Waals surface area contributed by atoms with E-state index >= 15 is 0 Å². The first-order valence-electron chi connectivity index (χ1n) is 6.21. The molecule has 0 aliphatic carbocycles. The highest BCUT2D eigenvalue weighted by Crippen LogP contribution is 2.28. The van der Waals surface area contributed by atoms with Gasteiger partial charge in [-0.1, -0.05) is 11.6 Å². The second-order valence-corrected chi connectivity index (χ2v) is 5.40. The number of imidazole rings is 1. The molecule has 0 saturated carbocycles. The maximum Gasteiger partial charge on any atom is 0.313 e. The lowest BCUT2D eigenvalue weighted by Crippen LogP contribution is -2.36. The lowest BCUT2D eigenvalue weighted by atomic mass is 9.86. The van der Waals surface area contributed by atoms with E-state index in [2.05, 4.69) is 15.0 Å². The standard InChI is InChI=1S/C12H14ClN5O4/c1-12(3-6(19)20,10(21)22-2)4-18-5-15-7-8(13)16-11(14)17-9(7)18/h5H,3-4H2,1-2H3,(H,19,20)(H2,14,16,17). The van der Waals surface area contributed by atoms with E-state index in [1.807, 2.05) is 0 Å². The van der Waals surface area contributed by atoms with Gasteiger partial charge in [-0.3, -0.25) is 9.59 Å².